The molecule has 5 rings (SSSR count). The first-order chi connectivity index (χ1) is 20.9. The van der Waals surface area contributed by atoms with Crippen molar-refractivity contribution in [2.24, 2.45) is 17.6 Å². The third-order valence-electron chi connectivity index (χ3n) is 8.31. The number of halogens is 4. The lowest BCUT2D eigenvalue weighted by atomic mass is 9.59. The number of phenolic OH excluding ortho intramolecular Hbond substituents is 1. The molecule has 3 aliphatic rings. The second-order valence-electron chi connectivity index (χ2n) is 11.2. The predicted octanol–water partition coefficient (Wildman–Crippen LogP) is 3.81. The van der Waals surface area contributed by atoms with E-state index in [1.807, 2.05) is 0 Å². The van der Waals surface area contributed by atoms with E-state index in [-0.39, 0.29) is 29.1 Å². The van der Waals surface area contributed by atoms with Crippen molar-refractivity contribution in [1.82, 2.24) is 0 Å². The van der Waals surface area contributed by atoms with Crippen LogP contribution >= 0.6 is 11.6 Å². The van der Waals surface area contributed by atoms with Gasteiger partial charge >= 0.3 is 12.2 Å². The van der Waals surface area contributed by atoms with Crippen molar-refractivity contribution in [1.29, 1.82) is 0 Å². The monoisotopic (exact) mass is 650 g/mol. The molecule has 1 saturated carbocycles. The molecule has 1 fully saturated rings. The average molecular weight is 651 g/mol. The molecule has 16 heteroatoms. The molecule has 2 aromatic rings. The Morgan fingerprint density at radius 3 is 2.31 bits per heavy atom. The number of fused-ring (bicyclic) bond motifs is 3. The minimum absolute atomic E-state index is 0.00164. The largest absolute Gasteiger partial charge is 0.508 e. The molecule has 2 aromatic carbocycles. The molecule has 0 aliphatic heterocycles. The summed E-state index contributed by atoms with van der Waals surface area (Å²) in [5.41, 5.74) is -0.750. The zero-order valence-corrected chi connectivity index (χ0v) is 24.3. The van der Waals surface area contributed by atoms with Crippen LogP contribution in [0.5, 0.6) is 5.75 Å². The number of primary amides is 1. The van der Waals surface area contributed by atoms with Gasteiger partial charge in [-0.3, -0.25) is 14.4 Å². The van der Waals surface area contributed by atoms with E-state index in [1.54, 1.807) is 19.0 Å². The maximum Gasteiger partial charge on any atom is 0.418 e. The number of nitrogens with zero attached hydrogens (tertiary/aromatic N) is 1. The number of rotatable bonds is 4. The number of benzene rings is 2. The number of aliphatic hydroxyl groups is 3. The number of alkyl halides is 3. The van der Waals surface area contributed by atoms with Crippen LogP contribution in [0, 0.1) is 11.8 Å². The predicted molar refractivity (Wildman–Crippen MR) is 155 cm³/mol. The smallest absolute Gasteiger partial charge is 0.418 e. The molecule has 0 unspecified atom stereocenters. The highest BCUT2D eigenvalue weighted by Crippen LogP contribution is 2.54. The summed E-state index contributed by atoms with van der Waals surface area (Å²) in [4.78, 5) is 52.6. The highest BCUT2D eigenvalue weighted by atomic mass is 35.5. The number of phenols is 1. The Bertz CT molecular complexity index is 1770. The van der Waals surface area contributed by atoms with E-state index in [9.17, 15) is 52.8 Å². The van der Waals surface area contributed by atoms with Crippen LogP contribution in [0.3, 0.4) is 0 Å². The van der Waals surface area contributed by atoms with Crippen LogP contribution in [0.1, 0.15) is 29.5 Å². The molecule has 0 radical (unpaired) electrons. The summed E-state index contributed by atoms with van der Waals surface area (Å²) in [6.45, 7) is 0. The molecule has 3 amide bonds. The van der Waals surface area contributed by atoms with E-state index < -0.39 is 93.2 Å². The number of nitrogens with one attached hydrogen (secondary N) is 2. The van der Waals surface area contributed by atoms with Crippen molar-refractivity contribution in [3.63, 3.8) is 0 Å². The summed E-state index contributed by atoms with van der Waals surface area (Å²) in [6, 6.07) is 2.82. The van der Waals surface area contributed by atoms with Crippen molar-refractivity contribution < 1.29 is 52.8 Å². The van der Waals surface area contributed by atoms with E-state index in [4.69, 9.17) is 17.3 Å². The van der Waals surface area contributed by atoms with Crippen molar-refractivity contribution in [2.75, 3.05) is 29.6 Å². The number of carbonyl (C=O) groups is 4. The fourth-order valence-corrected chi connectivity index (χ4v) is 6.47. The first kappa shape index (κ1) is 31.7. The van der Waals surface area contributed by atoms with Gasteiger partial charge in [0.25, 0.3) is 5.91 Å². The Morgan fingerprint density at radius 1 is 1.07 bits per heavy atom. The maximum absolute atomic E-state index is 13.8. The number of nitrogens with two attached hydrogens (primary N) is 1. The second kappa shape index (κ2) is 10.7. The third kappa shape index (κ3) is 5.01. The quantitative estimate of drug-likeness (QED) is 0.190. The van der Waals surface area contributed by atoms with Gasteiger partial charge in [0, 0.05) is 42.7 Å². The van der Waals surface area contributed by atoms with Gasteiger partial charge in [0.2, 0.25) is 5.78 Å². The van der Waals surface area contributed by atoms with Crippen LogP contribution in [-0.2, 0) is 27.0 Å². The van der Waals surface area contributed by atoms with Gasteiger partial charge in [0.1, 0.15) is 17.1 Å². The van der Waals surface area contributed by atoms with Gasteiger partial charge in [-0.05, 0) is 48.6 Å². The lowest BCUT2D eigenvalue weighted by molar-refractivity contribution is -0.147. The molecule has 238 valence electrons. The molecule has 3 aliphatic carbocycles. The number of urea groups is 1. The number of amides is 3. The molecule has 0 bridgehead atoms. The van der Waals surface area contributed by atoms with Crippen LogP contribution in [0.2, 0.25) is 5.02 Å². The number of aromatic hydroxyl groups is 1. The molecule has 3 atom stereocenters. The zero-order valence-electron chi connectivity index (χ0n) is 23.5. The maximum atomic E-state index is 13.8. The number of ketones is 2. The van der Waals surface area contributed by atoms with Gasteiger partial charge in [0.15, 0.2) is 17.1 Å². The molecule has 0 spiro atoms. The molecule has 0 aromatic heterocycles. The number of hydrogen-bond acceptors (Lipinski definition) is 9. The fourth-order valence-electron chi connectivity index (χ4n) is 6.30. The van der Waals surface area contributed by atoms with Crippen LogP contribution in [0.25, 0.3) is 5.76 Å². The summed E-state index contributed by atoms with van der Waals surface area (Å²) in [5, 5.41) is 48.9. The van der Waals surface area contributed by atoms with Crippen molar-refractivity contribution in [2.45, 2.75) is 31.0 Å². The van der Waals surface area contributed by atoms with Gasteiger partial charge in [-0.2, -0.15) is 13.2 Å². The first-order valence-corrected chi connectivity index (χ1v) is 13.7. The molecule has 12 nitrogen and oxygen atoms in total. The summed E-state index contributed by atoms with van der Waals surface area (Å²) in [6.07, 6.45) is -5.42. The Balaban J connectivity index is 1.58. The average Bonchev–Trinajstić information content (AvgIpc) is 2.92. The lowest BCUT2D eigenvalue weighted by Gasteiger charge is -2.46. The minimum atomic E-state index is -4.86. The number of aliphatic hydroxyl groups excluding tert-OH is 2. The van der Waals surface area contributed by atoms with Gasteiger partial charge < -0.3 is 41.7 Å². The summed E-state index contributed by atoms with van der Waals surface area (Å²) in [7, 11) is 3.21. The summed E-state index contributed by atoms with van der Waals surface area (Å²) in [5.74, 6) is -8.14. The SMILES string of the molecule is CN(C)c1cc(NC(=O)Nc2ccc(Cl)cc2C(F)(F)F)c(O)c2c1C[C@H]1C[C@H]3CC(=O)C(C(N)=O)=C(O)[C@@]3(O)C(=O)C1=C2O. The summed E-state index contributed by atoms with van der Waals surface area (Å²) < 4.78 is 40.6. The van der Waals surface area contributed by atoms with Gasteiger partial charge in [-0.1, -0.05) is 11.6 Å². The van der Waals surface area contributed by atoms with E-state index in [1.165, 1.54) is 6.07 Å². The van der Waals surface area contributed by atoms with Gasteiger partial charge in [-0.25, -0.2) is 4.79 Å². The number of carbonyl (C=O) groups excluding carboxylic acids is 4. The van der Waals surface area contributed by atoms with Crippen molar-refractivity contribution >= 4 is 57.9 Å². The Kier molecular flexibility index (Phi) is 7.53. The zero-order chi connectivity index (χ0) is 33.3. The number of Topliss-reactive ketones (excluding diaryl/α,β-unsaturated/α-hetero) is 2. The molecular formula is C29H26ClF3N4O8. The molecule has 8 N–H and O–H groups in total. The topological polar surface area (TPSA) is 203 Å². The van der Waals surface area contributed by atoms with Crippen molar-refractivity contribution in [3.8, 4) is 5.75 Å². The van der Waals surface area contributed by atoms with Crippen LogP contribution in [0.4, 0.5) is 35.0 Å². The summed E-state index contributed by atoms with van der Waals surface area (Å²) >= 11 is 5.69. The van der Waals surface area contributed by atoms with Crippen LogP contribution in [0.15, 0.2) is 41.2 Å². The van der Waals surface area contributed by atoms with Crippen LogP contribution in [-0.4, -0.2) is 63.6 Å². The van der Waals surface area contributed by atoms with E-state index >= 15 is 0 Å². The van der Waals surface area contributed by atoms with E-state index in [2.05, 4.69) is 10.6 Å². The third-order valence-corrected chi connectivity index (χ3v) is 8.54. The minimum Gasteiger partial charge on any atom is -0.508 e. The molecule has 0 heterocycles. The number of anilines is 3. The Labute approximate surface area is 257 Å². The number of hydrogen-bond donors (Lipinski definition) is 7. The van der Waals surface area contributed by atoms with Crippen molar-refractivity contribution in [3.05, 3.63) is 62.9 Å². The molecular weight excluding hydrogens is 625 g/mol. The highest BCUT2D eigenvalue weighted by molar-refractivity contribution is 6.30. The van der Waals surface area contributed by atoms with Gasteiger partial charge in [-0.15, -0.1) is 0 Å². The first-order valence-electron chi connectivity index (χ1n) is 13.4. The normalized spacial score (nSPS) is 22.8. The molecule has 45 heavy (non-hydrogen) atoms. The van der Waals surface area contributed by atoms with E-state index in [0.717, 1.165) is 12.1 Å². The fraction of sp³-hybridized carbons (Fsp3) is 0.310. The van der Waals surface area contributed by atoms with E-state index in [0.29, 0.717) is 17.3 Å². The molecule has 0 saturated heterocycles. The lowest BCUT2D eigenvalue weighted by Crippen LogP contribution is -2.58. The second-order valence-corrected chi connectivity index (χ2v) is 11.6. The Morgan fingerprint density at radius 2 is 1.71 bits per heavy atom. The standard InChI is InChI=1S/C29H26ClF3N4O8/c1-37(2)17-9-16(36-27(44)35-15-4-3-12(30)8-14(15)29(31,32)33)22(39)20-13(17)6-10-5-11-7-18(38)21(26(34)43)25(42)28(11,45)24(41)19(10)23(20)40/h3-4,8-11,39-40,42,45H,5-7H2,1-2H3,(H2,34,43)(H2,35,36,44)/t10-,11+,28+/m1/s1. The Hall–Kier alpha value is -4.76. The van der Waals surface area contributed by atoms with Gasteiger partial charge in [0.05, 0.1) is 22.5 Å². The highest BCUT2D eigenvalue weighted by Gasteiger charge is 2.60. The van der Waals surface area contributed by atoms with Crippen LogP contribution < -0.4 is 21.3 Å².